The van der Waals surface area contributed by atoms with Gasteiger partial charge in [-0.3, -0.25) is 4.79 Å². The molecule has 1 aliphatic rings. The van der Waals surface area contributed by atoms with Crippen molar-refractivity contribution in [3.63, 3.8) is 0 Å². The van der Waals surface area contributed by atoms with Crippen LogP contribution in [-0.2, 0) is 25.0 Å². The quantitative estimate of drug-likeness (QED) is 0.298. The smallest absolute Gasteiger partial charge is 0.311 e. The SMILES string of the molecule is COc1ccc(S(=O)(=O)c2ccc(Oc3ccc(C4(c5ccc(C)cc5)CC(=O)O4)cc3)cc2)cc1. The Morgan fingerprint density at radius 1 is 0.694 bits per heavy atom. The van der Waals surface area contributed by atoms with Crippen molar-refractivity contribution >= 4 is 15.8 Å². The lowest BCUT2D eigenvalue weighted by atomic mass is 9.79. The summed E-state index contributed by atoms with van der Waals surface area (Å²) >= 11 is 0. The fourth-order valence-corrected chi connectivity index (χ4v) is 5.47. The highest BCUT2D eigenvalue weighted by Gasteiger charge is 2.49. The van der Waals surface area contributed by atoms with E-state index in [4.69, 9.17) is 14.2 Å². The summed E-state index contributed by atoms with van der Waals surface area (Å²) in [6.07, 6.45) is 0.278. The molecular formula is C29H24O6S. The predicted molar refractivity (Wildman–Crippen MR) is 134 cm³/mol. The largest absolute Gasteiger partial charge is 0.497 e. The molecule has 1 saturated heterocycles. The molecule has 0 bridgehead atoms. The van der Waals surface area contributed by atoms with Gasteiger partial charge in [-0.15, -0.1) is 0 Å². The number of sulfone groups is 1. The summed E-state index contributed by atoms with van der Waals surface area (Å²) in [5.74, 6) is 1.43. The monoisotopic (exact) mass is 500 g/mol. The highest BCUT2D eigenvalue weighted by Crippen LogP contribution is 2.45. The van der Waals surface area contributed by atoms with E-state index in [0.29, 0.717) is 17.2 Å². The maximum absolute atomic E-state index is 12.9. The maximum atomic E-state index is 12.9. The van der Waals surface area contributed by atoms with Gasteiger partial charge >= 0.3 is 5.97 Å². The molecule has 0 saturated carbocycles. The second-order valence-electron chi connectivity index (χ2n) is 8.62. The highest BCUT2D eigenvalue weighted by atomic mass is 32.2. The topological polar surface area (TPSA) is 78.9 Å². The lowest BCUT2D eigenvalue weighted by Crippen LogP contribution is -2.45. The summed E-state index contributed by atoms with van der Waals surface area (Å²) in [6, 6.07) is 27.9. The van der Waals surface area contributed by atoms with Crippen LogP contribution < -0.4 is 9.47 Å². The van der Waals surface area contributed by atoms with Crippen molar-refractivity contribution in [1.29, 1.82) is 0 Å². The number of benzene rings is 4. The van der Waals surface area contributed by atoms with Crippen LogP contribution in [0.25, 0.3) is 0 Å². The number of carbonyl (C=O) groups excluding carboxylic acids is 1. The van der Waals surface area contributed by atoms with Crippen LogP contribution in [0.1, 0.15) is 23.1 Å². The van der Waals surface area contributed by atoms with Gasteiger partial charge in [0, 0.05) is 11.1 Å². The Bertz CT molecular complexity index is 1480. The molecule has 7 heteroatoms. The van der Waals surface area contributed by atoms with E-state index in [1.165, 1.54) is 31.4 Å². The highest BCUT2D eigenvalue weighted by molar-refractivity contribution is 7.91. The van der Waals surface area contributed by atoms with Crippen molar-refractivity contribution in [3.8, 4) is 17.2 Å². The molecule has 1 fully saturated rings. The van der Waals surface area contributed by atoms with Gasteiger partial charge in [-0.25, -0.2) is 8.42 Å². The molecule has 0 spiro atoms. The van der Waals surface area contributed by atoms with Crippen LogP contribution in [0.2, 0.25) is 0 Å². The van der Waals surface area contributed by atoms with Gasteiger partial charge in [0.1, 0.15) is 17.2 Å². The van der Waals surface area contributed by atoms with Gasteiger partial charge in [0.2, 0.25) is 9.84 Å². The minimum atomic E-state index is -3.66. The molecule has 5 rings (SSSR count). The Morgan fingerprint density at radius 2 is 1.11 bits per heavy atom. The van der Waals surface area contributed by atoms with E-state index in [2.05, 4.69) is 0 Å². The zero-order valence-electron chi connectivity index (χ0n) is 19.8. The third kappa shape index (κ3) is 4.33. The minimum absolute atomic E-state index is 0.169. The second-order valence-corrected chi connectivity index (χ2v) is 10.6. The number of rotatable bonds is 7. The number of carbonyl (C=O) groups is 1. The number of aryl methyl sites for hydroxylation is 1. The number of methoxy groups -OCH3 is 1. The predicted octanol–water partition coefficient (Wildman–Crippen LogP) is 5.82. The summed E-state index contributed by atoms with van der Waals surface area (Å²) in [6.45, 7) is 2.01. The molecule has 1 heterocycles. The van der Waals surface area contributed by atoms with Crippen LogP contribution in [-0.4, -0.2) is 21.5 Å². The molecule has 0 aromatic heterocycles. The van der Waals surface area contributed by atoms with E-state index in [9.17, 15) is 13.2 Å². The van der Waals surface area contributed by atoms with Crippen molar-refractivity contribution in [3.05, 3.63) is 114 Å². The minimum Gasteiger partial charge on any atom is -0.497 e. The van der Waals surface area contributed by atoms with E-state index in [-0.39, 0.29) is 22.2 Å². The molecule has 6 nitrogen and oxygen atoms in total. The molecule has 1 aliphatic heterocycles. The van der Waals surface area contributed by atoms with Crippen LogP contribution in [0.4, 0.5) is 0 Å². The van der Waals surface area contributed by atoms with Crippen molar-refractivity contribution in [1.82, 2.24) is 0 Å². The second kappa shape index (κ2) is 9.17. The molecule has 1 unspecified atom stereocenters. The van der Waals surface area contributed by atoms with E-state index >= 15 is 0 Å². The first-order chi connectivity index (χ1) is 17.3. The van der Waals surface area contributed by atoms with Crippen molar-refractivity contribution in [2.24, 2.45) is 0 Å². The Labute approximate surface area is 210 Å². The summed E-state index contributed by atoms with van der Waals surface area (Å²) in [5, 5.41) is 0. The molecule has 0 radical (unpaired) electrons. The fraction of sp³-hybridized carbons (Fsp3) is 0.138. The fourth-order valence-electron chi connectivity index (χ4n) is 4.21. The van der Waals surface area contributed by atoms with Crippen LogP contribution in [0.3, 0.4) is 0 Å². The van der Waals surface area contributed by atoms with Crippen molar-refractivity contribution < 1.29 is 27.4 Å². The molecule has 1 atom stereocenters. The lowest BCUT2D eigenvalue weighted by Gasteiger charge is -2.41. The molecule has 182 valence electrons. The maximum Gasteiger partial charge on any atom is 0.311 e. The Kier molecular flexibility index (Phi) is 6.02. The zero-order valence-corrected chi connectivity index (χ0v) is 20.6. The van der Waals surface area contributed by atoms with Gasteiger partial charge in [0.15, 0.2) is 5.60 Å². The molecular weight excluding hydrogens is 476 g/mol. The molecule has 0 amide bonds. The van der Waals surface area contributed by atoms with Gasteiger partial charge in [-0.1, -0.05) is 42.0 Å². The molecule has 4 aromatic rings. The Hall–Kier alpha value is -4.10. The molecule has 0 aliphatic carbocycles. The van der Waals surface area contributed by atoms with Crippen LogP contribution >= 0.6 is 0 Å². The first kappa shape index (κ1) is 23.6. The lowest BCUT2D eigenvalue weighted by molar-refractivity contribution is -0.185. The summed E-state index contributed by atoms with van der Waals surface area (Å²) in [5.41, 5.74) is 2.13. The summed E-state index contributed by atoms with van der Waals surface area (Å²) in [4.78, 5) is 12.1. The average Bonchev–Trinajstić information content (AvgIpc) is 2.88. The Morgan fingerprint density at radius 3 is 1.56 bits per heavy atom. The molecule has 4 aromatic carbocycles. The summed E-state index contributed by atoms with van der Waals surface area (Å²) < 4.78 is 42.5. The number of ether oxygens (including phenoxy) is 3. The van der Waals surface area contributed by atoms with Gasteiger partial charge in [0.25, 0.3) is 0 Å². The van der Waals surface area contributed by atoms with Gasteiger partial charge < -0.3 is 14.2 Å². The number of hydrogen-bond donors (Lipinski definition) is 0. The van der Waals surface area contributed by atoms with Gasteiger partial charge in [0.05, 0.1) is 23.3 Å². The number of hydrogen-bond acceptors (Lipinski definition) is 6. The normalized spacial score (nSPS) is 17.1. The standard InChI is InChI=1S/C29H24O6S/c1-20-3-5-21(6-4-20)29(19-28(30)35-29)22-7-9-24(10-8-22)34-25-13-17-27(18-14-25)36(31,32)26-15-11-23(33-2)12-16-26/h3-18H,19H2,1-2H3. The summed E-state index contributed by atoms with van der Waals surface area (Å²) in [7, 11) is -2.13. The van der Waals surface area contributed by atoms with Crippen LogP contribution in [0, 0.1) is 6.92 Å². The Balaban J connectivity index is 1.33. The van der Waals surface area contributed by atoms with Crippen molar-refractivity contribution in [2.75, 3.05) is 7.11 Å². The van der Waals surface area contributed by atoms with Crippen LogP contribution in [0.15, 0.2) is 107 Å². The van der Waals surface area contributed by atoms with Gasteiger partial charge in [-0.05, 0) is 67.6 Å². The third-order valence-corrected chi connectivity index (χ3v) is 8.04. The van der Waals surface area contributed by atoms with E-state index < -0.39 is 15.4 Å². The zero-order chi connectivity index (χ0) is 25.3. The first-order valence-corrected chi connectivity index (χ1v) is 12.9. The van der Waals surface area contributed by atoms with Crippen molar-refractivity contribution in [2.45, 2.75) is 28.7 Å². The van der Waals surface area contributed by atoms with Crippen LogP contribution in [0.5, 0.6) is 17.2 Å². The van der Waals surface area contributed by atoms with E-state index in [1.807, 2.05) is 43.3 Å². The molecule has 0 N–H and O–H groups in total. The third-order valence-electron chi connectivity index (χ3n) is 6.26. The van der Waals surface area contributed by atoms with Gasteiger partial charge in [-0.2, -0.15) is 0 Å². The number of esters is 1. The number of cyclic esters (lactones) is 1. The van der Waals surface area contributed by atoms with E-state index in [1.54, 1.807) is 36.4 Å². The average molecular weight is 501 g/mol. The molecule has 36 heavy (non-hydrogen) atoms. The first-order valence-electron chi connectivity index (χ1n) is 11.4. The van der Waals surface area contributed by atoms with E-state index in [0.717, 1.165) is 16.7 Å².